The normalized spacial score (nSPS) is 16.8. The van der Waals surface area contributed by atoms with Crippen molar-refractivity contribution in [2.45, 2.75) is 31.2 Å². The summed E-state index contributed by atoms with van der Waals surface area (Å²) >= 11 is 3.40. The molecule has 0 bridgehead atoms. The quantitative estimate of drug-likeness (QED) is 0.848. The molecular formula is C17H17BrFN. The van der Waals surface area contributed by atoms with Crippen molar-refractivity contribution in [1.29, 1.82) is 0 Å². The Morgan fingerprint density at radius 1 is 1.15 bits per heavy atom. The summed E-state index contributed by atoms with van der Waals surface area (Å²) in [5.41, 5.74) is 9.72. The van der Waals surface area contributed by atoms with Crippen molar-refractivity contribution in [3.63, 3.8) is 0 Å². The third-order valence-electron chi connectivity index (χ3n) is 4.14. The lowest BCUT2D eigenvalue weighted by Gasteiger charge is -2.26. The van der Waals surface area contributed by atoms with Gasteiger partial charge in [0.25, 0.3) is 0 Å². The van der Waals surface area contributed by atoms with Gasteiger partial charge in [-0.3, -0.25) is 0 Å². The predicted molar refractivity (Wildman–Crippen MR) is 83.2 cm³/mol. The smallest absolute Gasteiger partial charge is 0.124 e. The molecule has 1 fully saturated rings. The number of hydrogen-bond donors (Lipinski definition) is 1. The van der Waals surface area contributed by atoms with Crippen LogP contribution < -0.4 is 5.73 Å². The zero-order valence-corrected chi connectivity index (χ0v) is 12.7. The van der Waals surface area contributed by atoms with E-state index in [1.54, 1.807) is 6.07 Å². The highest BCUT2D eigenvalue weighted by Gasteiger charge is 2.20. The van der Waals surface area contributed by atoms with Crippen molar-refractivity contribution in [2.24, 2.45) is 5.73 Å². The van der Waals surface area contributed by atoms with Gasteiger partial charge in [-0.1, -0.05) is 52.7 Å². The molecule has 1 nitrogen and oxygen atoms in total. The Balaban J connectivity index is 1.91. The van der Waals surface area contributed by atoms with Crippen molar-refractivity contribution in [1.82, 2.24) is 0 Å². The molecule has 1 atom stereocenters. The van der Waals surface area contributed by atoms with Crippen LogP contribution in [0, 0.1) is 5.82 Å². The van der Waals surface area contributed by atoms with Crippen molar-refractivity contribution in [2.75, 3.05) is 0 Å². The summed E-state index contributed by atoms with van der Waals surface area (Å²) in [5, 5.41) is 0. The van der Waals surface area contributed by atoms with Gasteiger partial charge in [-0.15, -0.1) is 0 Å². The molecule has 0 radical (unpaired) electrons. The highest BCUT2D eigenvalue weighted by atomic mass is 79.9. The van der Waals surface area contributed by atoms with Crippen LogP contribution >= 0.6 is 15.9 Å². The van der Waals surface area contributed by atoms with Gasteiger partial charge in [-0.25, -0.2) is 4.39 Å². The van der Waals surface area contributed by atoms with Crippen molar-refractivity contribution >= 4 is 15.9 Å². The first-order valence-corrected chi connectivity index (χ1v) is 7.75. The van der Waals surface area contributed by atoms with Crippen LogP contribution in [0.15, 0.2) is 46.9 Å². The first-order valence-electron chi connectivity index (χ1n) is 6.95. The molecule has 1 aliphatic carbocycles. The molecule has 3 rings (SSSR count). The summed E-state index contributed by atoms with van der Waals surface area (Å²) in [6.07, 6.45) is 3.88. The Hall–Kier alpha value is -1.19. The third-order valence-corrected chi connectivity index (χ3v) is 4.83. The fourth-order valence-corrected chi connectivity index (χ4v) is 3.28. The predicted octanol–water partition coefficient (Wildman–Crippen LogP) is 4.90. The zero-order chi connectivity index (χ0) is 14.1. The van der Waals surface area contributed by atoms with Crippen LogP contribution in [0.5, 0.6) is 0 Å². The second kappa shape index (κ2) is 5.66. The van der Waals surface area contributed by atoms with E-state index in [1.807, 2.05) is 6.07 Å². The molecule has 0 heterocycles. The number of nitrogens with two attached hydrogens (primary N) is 1. The topological polar surface area (TPSA) is 26.0 Å². The van der Waals surface area contributed by atoms with Gasteiger partial charge in [-0.2, -0.15) is 0 Å². The average Bonchev–Trinajstić information content (AvgIpc) is 2.36. The monoisotopic (exact) mass is 333 g/mol. The average molecular weight is 334 g/mol. The highest BCUT2D eigenvalue weighted by molar-refractivity contribution is 9.10. The molecule has 20 heavy (non-hydrogen) atoms. The molecule has 2 N–H and O–H groups in total. The molecule has 2 aromatic carbocycles. The lowest BCUT2D eigenvalue weighted by atomic mass is 9.79. The van der Waals surface area contributed by atoms with Crippen molar-refractivity contribution in [3.05, 3.63) is 69.4 Å². The number of halogens is 2. The van der Waals surface area contributed by atoms with E-state index >= 15 is 0 Å². The summed E-state index contributed by atoms with van der Waals surface area (Å²) < 4.78 is 13.9. The van der Waals surface area contributed by atoms with Gasteiger partial charge in [0.05, 0.1) is 6.04 Å². The van der Waals surface area contributed by atoms with E-state index in [4.69, 9.17) is 5.73 Å². The van der Waals surface area contributed by atoms with Gasteiger partial charge in [0.2, 0.25) is 0 Å². The summed E-state index contributed by atoms with van der Waals surface area (Å²) in [7, 11) is 0. The van der Waals surface area contributed by atoms with Crippen molar-refractivity contribution in [3.8, 4) is 0 Å². The molecule has 1 unspecified atom stereocenters. The van der Waals surface area contributed by atoms with E-state index < -0.39 is 0 Å². The highest BCUT2D eigenvalue weighted by Crippen LogP contribution is 2.37. The molecule has 0 aromatic heterocycles. The molecule has 104 valence electrons. The minimum atomic E-state index is -0.254. The van der Waals surface area contributed by atoms with Gasteiger partial charge in [0, 0.05) is 4.47 Å². The van der Waals surface area contributed by atoms with Crippen LogP contribution in [0.1, 0.15) is 47.9 Å². The van der Waals surface area contributed by atoms with E-state index in [2.05, 4.69) is 34.1 Å². The molecule has 1 aliphatic rings. The summed E-state index contributed by atoms with van der Waals surface area (Å²) in [6.45, 7) is 0. The maximum atomic E-state index is 13.2. The molecule has 2 aromatic rings. The van der Waals surface area contributed by atoms with Crippen LogP contribution in [0.4, 0.5) is 4.39 Å². The Labute approximate surface area is 127 Å². The van der Waals surface area contributed by atoms with Gasteiger partial charge in [0.15, 0.2) is 0 Å². The van der Waals surface area contributed by atoms with E-state index in [0.29, 0.717) is 5.92 Å². The van der Waals surface area contributed by atoms with Crippen LogP contribution in [0.25, 0.3) is 0 Å². The van der Waals surface area contributed by atoms with Gasteiger partial charge in [0.1, 0.15) is 5.82 Å². The molecule has 0 spiro atoms. The largest absolute Gasteiger partial charge is 0.320 e. The number of benzene rings is 2. The molecule has 1 saturated carbocycles. The van der Waals surface area contributed by atoms with Gasteiger partial charge < -0.3 is 5.73 Å². The fraction of sp³-hybridized carbons (Fsp3) is 0.294. The van der Waals surface area contributed by atoms with Crippen LogP contribution in [-0.2, 0) is 0 Å². The maximum absolute atomic E-state index is 13.2. The summed E-state index contributed by atoms with van der Waals surface area (Å²) in [5.74, 6) is 0.440. The number of rotatable bonds is 3. The molecular weight excluding hydrogens is 317 g/mol. The zero-order valence-electron chi connectivity index (χ0n) is 11.2. The second-order valence-electron chi connectivity index (χ2n) is 5.44. The van der Waals surface area contributed by atoms with E-state index in [0.717, 1.165) is 15.6 Å². The van der Waals surface area contributed by atoms with E-state index in [9.17, 15) is 4.39 Å². The third kappa shape index (κ3) is 2.65. The first kappa shape index (κ1) is 13.8. The molecule has 3 heteroatoms. The Kier molecular flexibility index (Phi) is 3.90. The Bertz CT molecular complexity index is 622. The maximum Gasteiger partial charge on any atom is 0.124 e. The van der Waals surface area contributed by atoms with Crippen LogP contribution in [-0.4, -0.2) is 0 Å². The Morgan fingerprint density at radius 3 is 2.60 bits per heavy atom. The van der Waals surface area contributed by atoms with E-state index in [1.165, 1.54) is 37.0 Å². The molecule has 0 saturated heterocycles. The Morgan fingerprint density at radius 2 is 1.95 bits per heavy atom. The summed E-state index contributed by atoms with van der Waals surface area (Å²) in [6, 6.07) is 12.9. The van der Waals surface area contributed by atoms with Crippen LogP contribution in [0.3, 0.4) is 0 Å². The van der Waals surface area contributed by atoms with E-state index in [-0.39, 0.29) is 11.9 Å². The minimum absolute atomic E-state index is 0.231. The lowest BCUT2D eigenvalue weighted by Crippen LogP contribution is -2.14. The van der Waals surface area contributed by atoms with Crippen LogP contribution in [0.2, 0.25) is 0 Å². The standard InChI is InChI=1S/C17H17BrFN/c18-16-10-14(19)7-8-15(16)17(20)13-6-2-5-12(9-13)11-3-1-4-11/h2,5-11,17H,1,3-4,20H2. The number of hydrogen-bond acceptors (Lipinski definition) is 1. The van der Waals surface area contributed by atoms with Gasteiger partial charge in [-0.05, 0) is 47.6 Å². The molecule has 0 amide bonds. The first-order chi connectivity index (χ1) is 9.65. The second-order valence-corrected chi connectivity index (χ2v) is 6.30. The van der Waals surface area contributed by atoms with Crippen molar-refractivity contribution < 1.29 is 4.39 Å². The summed E-state index contributed by atoms with van der Waals surface area (Å²) in [4.78, 5) is 0. The molecule has 0 aliphatic heterocycles. The lowest BCUT2D eigenvalue weighted by molar-refractivity contribution is 0.419. The fourth-order valence-electron chi connectivity index (χ4n) is 2.68. The van der Waals surface area contributed by atoms with Gasteiger partial charge >= 0.3 is 0 Å². The minimum Gasteiger partial charge on any atom is -0.320 e. The SMILES string of the molecule is NC(c1cccc(C2CCC2)c1)c1ccc(F)cc1Br.